The monoisotopic (exact) mass is 343 g/mol. The topological polar surface area (TPSA) is 27.3 Å². The van der Waals surface area contributed by atoms with E-state index >= 15 is 0 Å². The quantitative estimate of drug-likeness (QED) is 0.819. The molecule has 4 heteroatoms. The molecule has 4 rings (SSSR count). The summed E-state index contributed by atoms with van der Waals surface area (Å²) in [5.74, 6) is 1.54. The van der Waals surface area contributed by atoms with Crippen molar-refractivity contribution in [3.05, 3.63) is 35.9 Å². The maximum atomic E-state index is 5.65. The van der Waals surface area contributed by atoms with Crippen molar-refractivity contribution in [2.45, 2.75) is 57.2 Å². The normalized spacial score (nSPS) is 31.3. The van der Waals surface area contributed by atoms with Gasteiger partial charge in [-0.25, -0.2) is 0 Å². The molecule has 130 valence electrons. The summed E-state index contributed by atoms with van der Waals surface area (Å²) in [6.07, 6.45) is 6.95. The molecule has 2 N–H and O–H groups in total. The fraction of sp³-hybridized carbons (Fsp3) is 0.650. The fourth-order valence-corrected chi connectivity index (χ4v) is 4.97. The SMILES string of the molecule is C[C@H](NC(=S)NC1[C@H]2CCC[C@H]1CN(C1CC1)C2)c1ccccc1. The van der Waals surface area contributed by atoms with Gasteiger partial charge in [0.15, 0.2) is 5.11 Å². The number of rotatable bonds is 4. The Labute approximate surface area is 151 Å². The van der Waals surface area contributed by atoms with Gasteiger partial charge in [-0.3, -0.25) is 4.90 Å². The van der Waals surface area contributed by atoms with Gasteiger partial charge in [0.2, 0.25) is 0 Å². The number of fused-ring (bicyclic) bond motifs is 2. The van der Waals surface area contributed by atoms with Crippen molar-refractivity contribution in [1.29, 1.82) is 0 Å². The predicted molar refractivity (Wildman–Crippen MR) is 103 cm³/mol. The number of likely N-dealkylation sites (tertiary alicyclic amines) is 1. The van der Waals surface area contributed by atoms with Crippen LogP contribution in [0.3, 0.4) is 0 Å². The van der Waals surface area contributed by atoms with Crippen molar-refractivity contribution in [1.82, 2.24) is 15.5 Å². The van der Waals surface area contributed by atoms with Gasteiger partial charge in [-0.1, -0.05) is 36.8 Å². The highest BCUT2D eigenvalue weighted by molar-refractivity contribution is 7.80. The molecule has 3 aliphatic rings. The minimum absolute atomic E-state index is 0.248. The summed E-state index contributed by atoms with van der Waals surface area (Å²) >= 11 is 5.65. The Morgan fingerprint density at radius 3 is 2.38 bits per heavy atom. The lowest BCUT2D eigenvalue weighted by Gasteiger charge is -2.48. The van der Waals surface area contributed by atoms with Gasteiger partial charge in [-0.2, -0.15) is 0 Å². The van der Waals surface area contributed by atoms with Crippen molar-refractivity contribution in [2.75, 3.05) is 13.1 Å². The Kier molecular flexibility index (Phi) is 4.77. The van der Waals surface area contributed by atoms with Crippen LogP contribution in [0.15, 0.2) is 30.3 Å². The summed E-state index contributed by atoms with van der Waals surface area (Å²) in [5, 5.41) is 8.01. The third-order valence-corrected chi connectivity index (χ3v) is 6.35. The molecule has 1 aromatic carbocycles. The first kappa shape index (κ1) is 16.3. The highest BCUT2D eigenvalue weighted by atomic mass is 32.1. The van der Waals surface area contributed by atoms with Crippen LogP contribution < -0.4 is 10.6 Å². The number of benzene rings is 1. The molecule has 0 aromatic heterocycles. The minimum atomic E-state index is 0.248. The van der Waals surface area contributed by atoms with Crippen molar-refractivity contribution in [3.8, 4) is 0 Å². The zero-order valence-corrected chi connectivity index (χ0v) is 15.4. The van der Waals surface area contributed by atoms with Crippen LogP contribution in [0.2, 0.25) is 0 Å². The predicted octanol–water partition coefficient (Wildman–Crippen LogP) is 3.47. The molecule has 3 atom stereocenters. The van der Waals surface area contributed by atoms with Gasteiger partial charge in [-0.05, 0) is 62.2 Å². The lowest BCUT2D eigenvalue weighted by molar-refractivity contribution is 0.0501. The molecule has 1 aliphatic heterocycles. The second-order valence-corrected chi connectivity index (χ2v) is 8.32. The first-order valence-corrected chi connectivity index (χ1v) is 9.97. The van der Waals surface area contributed by atoms with E-state index in [1.54, 1.807) is 0 Å². The molecule has 3 fully saturated rings. The maximum absolute atomic E-state index is 5.65. The molecule has 0 spiro atoms. The molecule has 0 radical (unpaired) electrons. The third kappa shape index (κ3) is 3.60. The molecular formula is C20H29N3S. The first-order valence-electron chi connectivity index (χ1n) is 9.56. The molecule has 0 unspecified atom stereocenters. The second kappa shape index (κ2) is 7.01. The van der Waals surface area contributed by atoms with Crippen LogP contribution in [0.5, 0.6) is 0 Å². The van der Waals surface area contributed by atoms with Crippen LogP contribution in [-0.2, 0) is 0 Å². The van der Waals surface area contributed by atoms with Crippen molar-refractivity contribution in [2.24, 2.45) is 11.8 Å². The van der Waals surface area contributed by atoms with Gasteiger partial charge in [0.1, 0.15) is 0 Å². The van der Waals surface area contributed by atoms with Crippen LogP contribution in [-0.4, -0.2) is 35.2 Å². The number of nitrogens with one attached hydrogen (secondary N) is 2. The molecule has 0 amide bonds. The van der Waals surface area contributed by atoms with Crippen LogP contribution in [0.25, 0.3) is 0 Å². The summed E-state index contributed by atoms with van der Waals surface area (Å²) in [6.45, 7) is 4.73. The smallest absolute Gasteiger partial charge is 0.167 e. The standard InChI is InChI=1S/C20H29N3S/c1-14(15-6-3-2-4-7-15)21-20(24)22-19-16-8-5-9-17(19)13-23(12-16)18-10-11-18/h2-4,6-7,14,16-19H,5,8-13H2,1H3,(H2,21,22,24)/t14-,16-,17-/m0/s1. The zero-order chi connectivity index (χ0) is 16.5. The van der Waals surface area contributed by atoms with Crippen LogP contribution >= 0.6 is 12.2 Å². The maximum Gasteiger partial charge on any atom is 0.167 e. The zero-order valence-electron chi connectivity index (χ0n) is 14.6. The molecule has 3 nitrogen and oxygen atoms in total. The van der Waals surface area contributed by atoms with Crippen molar-refractivity contribution in [3.63, 3.8) is 0 Å². The van der Waals surface area contributed by atoms with E-state index in [0.717, 1.165) is 23.0 Å². The Bertz CT molecular complexity index is 558. The first-order chi connectivity index (χ1) is 11.7. The van der Waals surface area contributed by atoms with E-state index in [1.807, 2.05) is 0 Å². The summed E-state index contributed by atoms with van der Waals surface area (Å²) in [4.78, 5) is 2.76. The number of piperidine rings is 1. The van der Waals surface area contributed by atoms with Gasteiger partial charge in [0.05, 0.1) is 6.04 Å². The molecule has 1 heterocycles. The van der Waals surface area contributed by atoms with E-state index in [2.05, 4.69) is 52.8 Å². The molecule has 2 bridgehead atoms. The van der Waals surface area contributed by atoms with Crippen molar-refractivity contribution < 1.29 is 0 Å². The van der Waals surface area contributed by atoms with E-state index in [4.69, 9.17) is 12.2 Å². The Morgan fingerprint density at radius 2 is 1.75 bits per heavy atom. The Morgan fingerprint density at radius 1 is 1.08 bits per heavy atom. The molecular weight excluding hydrogens is 314 g/mol. The molecule has 2 saturated carbocycles. The average molecular weight is 344 g/mol. The molecule has 2 aliphatic carbocycles. The minimum Gasteiger partial charge on any atom is -0.359 e. The lowest BCUT2D eigenvalue weighted by Crippen LogP contribution is -2.59. The van der Waals surface area contributed by atoms with E-state index in [1.165, 1.54) is 50.8 Å². The number of hydrogen-bond donors (Lipinski definition) is 2. The third-order valence-electron chi connectivity index (χ3n) is 6.11. The highest BCUT2D eigenvalue weighted by Crippen LogP contribution is 2.39. The van der Waals surface area contributed by atoms with E-state index < -0.39 is 0 Å². The summed E-state index contributed by atoms with van der Waals surface area (Å²) in [7, 11) is 0. The molecule has 24 heavy (non-hydrogen) atoms. The number of thiocarbonyl (C=S) groups is 1. The van der Waals surface area contributed by atoms with Crippen LogP contribution in [0.1, 0.15) is 50.6 Å². The summed E-state index contributed by atoms with van der Waals surface area (Å²) in [6, 6.07) is 12.3. The average Bonchev–Trinajstić information content (AvgIpc) is 3.40. The molecule has 1 saturated heterocycles. The number of hydrogen-bond acceptors (Lipinski definition) is 2. The summed E-state index contributed by atoms with van der Waals surface area (Å²) < 4.78 is 0. The number of nitrogens with zero attached hydrogens (tertiary/aromatic N) is 1. The van der Waals surface area contributed by atoms with E-state index in [9.17, 15) is 0 Å². The largest absolute Gasteiger partial charge is 0.359 e. The van der Waals surface area contributed by atoms with Crippen LogP contribution in [0.4, 0.5) is 0 Å². The van der Waals surface area contributed by atoms with Crippen LogP contribution in [0, 0.1) is 11.8 Å². The van der Waals surface area contributed by atoms with E-state index in [-0.39, 0.29) is 6.04 Å². The fourth-order valence-electron chi connectivity index (χ4n) is 4.66. The second-order valence-electron chi connectivity index (χ2n) is 7.91. The Balaban J connectivity index is 1.35. The Hall–Kier alpha value is -1.13. The van der Waals surface area contributed by atoms with Gasteiger partial charge in [-0.15, -0.1) is 0 Å². The molecule has 1 aromatic rings. The van der Waals surface area contributed by atoms with Gasteiger partial charge in [0.25, 0.3) is 0 Å². The highest BCUT2D eigenvalue weighted by Gasteiger charge is 2.43. The van der Waals surface area contributed by atoms with E-state index in [0.29, 0.717) is 6.04 Å². The summed E-state index contributed by atoms with van der Waals surface area (Å²) in [5.41, 5.74) is 1.28. The van der Waals surface area contributed by atoms with Gasteiger partial charge in [0, 0.05) is 25.2 Å². The van der Waals surface area contributed by atoms with Crippen molar-refractivity contribution >= 4 is 17.3 Å². The van der Waals surface area contributed by atoms with Gasteiger partial charge >= 0.3 is 0 Å². The van der Waals surface area contributed by atoms with Gasteiger partial charge < -0.3 is 10.6 Å². The lowest BCUT2D eigenvalue weighted by atomic mass is 9.73.